The van der Waals surface area contributed by atoms with Crippen LogP contribution >= 0.6 is 15.9 Å². The SMILES string of the molecule is Cc1ccc(Br)cc1CCN(C)CC(N)=O. The molecule has 2 N–H and O–H groups in total. The average molecular weight is 285 g/mol. The summed E-state index contributed by atoms with van der Waals surface area (Å²) in [5, 5.41) is 0. The van der Waals surface area contributed by atoms with Crippen LogP contribution in [0.4, 0.5) is 0 Å². The quantitative estimate of drug-likeness (QED) is 0.895. The number of aryl methyl sites for hydroxylation is 1. The maximum atomic E-state index is 10.7. The highest BCUT2D eigenvalue weighted by molar-refractivity contribution is 9.10. The van der Waals surface area contributed by atoms with Crippen LogP contribution in [0.15, 0.2) is 22.7 Å². The van der Waals surface area contributed by atoms with Crippen molar-refractivity contribution in [2.45, 2.75) is 13.3 Å². The molecule has 0 atom stereocenters. The molecule has 0 aliphatic carbocycles. The minimum atomic E-state index is -0.284. The van der Waals surface area contributed by atoms with Gasteiger partial charge in [0.05, 0.1) is 6.54 Å². The summed E-state index contributed by atoms with van der Waals surface area (Å²) in [5.74, 6) is -0.284. The number of halogens is 1. The summed E-state index contributed by atoms with van der Waals surface area (Å²) in [6, 6.07) is 6.24. The number of nitrogens with zero attached hydrogens (tertiary/aromatic N) is 1. The molecule has 0 saturated carbocycles. The van der Waals surface area contributed by atoms with E-state index in [0.717, 1.165) is 17.4 Å². The fraction of sp³-hybridized carbons (Fsp3) is 0.417. The van der Waals surface area contributed by atoms with E-state index in [2.05, 4.69) is 35.0 Å². The molecule has 3 nitrogen and oxygen atoms in total. The summed E-state index contributed by atoms with van der Waals surface area (Å²) < 4.78 is 1.09. The van der Waals surface area contributed by atoms with Gasteiger partial charge in [-0.15, -0.1) is 0 Å². The lowest BCUT2D eigenvalue weighted by molar-refractivity contribution is -0.118. The molecule has 0 fully saturated rings. The van der Waals surface area contributed by atoms with Crippen LogP contribution in [0, 0.1) is 6.92 Å². The number of hydrogen-bond donors (Lipinski definition) is 1. The van der Waals surface area contributed by atoms with Gasteiger partial charge in [-0.2, -0.15) is 0 Å². The minimum absolute atomic E-state index is 0.284. The van der Waals surface area contributed by atoms with Gasteiger partial charge in [-0.25, -0.2) is 0 Å². The van der Waals surface area contributed by atoms with Gasteiger partial charge in [-0.1, -0.05) is 22.0 Å². The summed E-state index contributed by atoms with van der Waals surface area (Å²) in [4.78, 5) is 12.6. The predicted octanol–water partition coefficient (Wildman–Crippen LogP) is 1.72. The topological polar surface area (TPSA) is 46.3 Å². The van der Waals surface area contributed by atoms with Gasteiger partial charge in [0, 0.05) is 11.0 Å². The second kappa shape index (κ2) is 6.01. The van der Waals surface area contributed by atoms with E-state index in [-0.39, 0.29) is 5.91 Å². The standard InChI is InChI=1S/C12H17BrN2O/c1-9-3-4-11(13)7-10(9)5-6-15(2)8-12(14)16/h3-4,7H,5-6,8H2,1-2H3,(H2,14,16). The monoisotopic (exact) mass is 284 g/mol. The second-order valence-electron chi connectivity index (χ2n) is 4.02. The number of primary amides is 1. The number of benzene rings is 1. The Balaban J connectivity index is 2.54. The van der Waals surface area contributed by atoms with Gasteiger partial charge >= 0.3 is 0 Å². The summed E-state index contributed by atoms with van der Waals surface area (Å²) in [5.41, 5.74) is 7.70. The van der Waals surface area contributed by atoms with E-state index in [0.29, 0.717) is 6.54 Å². The van der Waals surface area contributed by atoms with Gasteiger partial charge in [0.25, 0.3) is 0 Å². The van der Waals surface area contributed by atoms with E-state index in [1.165, 1.54) is 11.1 Å². The molecule has 0 radical (unpaired) electrons. The first-order valence-corrected chi connectivity index (χ1v) is 6.00. The Bertz CT molecular complexity index is 379. The first-order chi connectivity index (χ1) is 7.49. The van der Waals surface area contributed by atoms with Gasteiger partial charge in [-0.05, 0) is 43.7 Å². The zero-order valence-corrected chi connectivity index (χ0v) is 11.3. The summed E-state index contributed by atoms with van der Waals surface area (Å²) in [7, 11) is 1.90. The highest BCUT2D eigenvalue weighted by Crippen LogP contribution is 2.16. The first-order valence-electron chi connectivity index (χ1n) is 5.21. The molecule has 88 valence electrons. The normalized spacial score (nSPS) is 10.8. The van der Waals surface area contributed by atoms with Crippen molar-refractivity contribution in [3.05, 3.63) is 33.8 Å². The molecule has 0 aliphatic heterocycles. The van der Waals surface area contributed by atoms with Crippen LogP contribution in [-0.2, 0) is 11.2 Å². The van der Waals surface area contributed by atoms with E-state index < -0.39 is 0 Å². The Morgan fingerprint density at radius 2 is 2.19 bits per heavy atom. The lowest BCUT2D eigenvalue weighted by atomic mass is 10.1. The van der Waals surface area contributed by atoms with Crippen molar-refractivity contribution in [3.8, 4) is 0 Å². The molecule has 1 amide bonds. The summed E-state index contributed by atoms with van der Waals surface area (Å²) >= 11 is 3.46. The lowest BCUT2D eigenvalue weighted by Gasteiger charge is -2.15. The van der Waals surface area contributed by atoms with Crippen molar-refractivity contribution in [1.29, 1.82) is 0 Å². The Labute approximate surface area is 105 Å². The average Bonchev–Trinajstić information content (AvgIpc) is 2.18. The number of likely N-dealkylation sites (N-methyl/N-ethyl adjacent to an activating group) is 1. The van der Waals surface area contributed by atoms with E-state index in [1.54, 1.807) is 0 Å². The van der Waals surface area contributed by atoms with Crippen LogP contribution in [-0.4, -0.2) is 30.9 Å². The van der Waals surface area contributed by atoms with Crippen molar-refractivity contribution < 1.29 is 4.79 Å². The maximum absolute atomic E-state index is 10.7. The number of rotatable bonds is 5. The van der Waals surface area contributed by atoms with Gasteiger partial charge < -0.3 is 5.73 Å². The Morgan fingerprint density at radius 3 is 2.81 bits per heavy atom. The Hall–Kier alpha value is -0.870. The number of carbonyl (C=O) groups excluding carboxylic acids is 1. The van der Waals surface area contributed by atoms with E-state index >= 15 is 0 Å². The van der Waals surface area contributed by atoms with Crippen molar-refractivity contribution in [1.82, 2.24) is 4.90 Å². The lowest BCUT2D eigenvalue weighted by Crippen LogP contribution is -2.32. The van der Waals surface area contributed by atoms with Crippen molar-refractivity contribution in [2.75, 3.05) is 20.1 Å². The van der Waals surface area contributed by atoms with Crippen molar-refractivity contribution >= 4 is 21.8 Å². The molecule has 16 heavy (non-hydrogen) atoms. The van der Waals surface area contributed by atoms with Gasteiger partial charge in [0.2, 0.25) is 5.91 Å². The van der Waals surface area contributed by atoms with Crippen molar-refractivity contribution in [3.63, 3.8) is 0 Å². The van der Waals surface area contributed by atoms with E-state index in [1.807, 2.05) is 18.0 Å². The van der Waals surface area contributed by atoms with E-state index in [4.69, 9.17) is 5.73 Å². The first kappa shape index (κ1) is 13.2. The van der Waals surface area contributed by atoms with Crippen molar-refractivity contribution in [2.24, 2.45) is 5.73 Å². The molecule has 0 bridgehead atoms. The molecule has 1 aromatic carbocycles. The highest BCUT2D eigenvalue weighted by atomic mass is 79.9. The summed E-state index contributed by atoms with van der Waals surface area (Å²) in [6.07, 6.45) is 0.926. The Morgan fingerprint density at radius 1 is 1.50 bits per heavy atom. The van der Waals surface area contributed by atoms with Crippen LogP contribution in [0.1, 0.15) is 11.1 Å². The molecular weight excluding hydrogens is 268 g/mol. The number of amides is 1. The van der Waals surface area contributed by atoms with Crippen LogP contribution < -0.4 is 5.73 Å². The van der Waals surface area contributed by atoms with Gasteiger partial charge in [-0.3, -0.25) is 9.69 Å². The fourth-order valence-corrected chi connectivity index (χ4v) is 1.97. The second-order valence-corrected chi connectivity index (χ2v) is 4.94. The van der Waals surface area contributed by atoms with Gasteiger partial charge in [0.1, 0.15) is 0 Å². The molecule has 0 saturated heterocycles. The Kier molecular flexibility index (Phi) is 4.96. The molecular formula is C12H17BrN2O. The molecule has 0 aromatic heterocycles. The third-order valence-corrected chi connectivity index (χ3v) is 2.99. The van der Waals surface area contributed by atoms with Crippen LogP contribution in [0.2, 0.25) is 0 Å². The van der Waals surface area contributed by atoms with E-state index in [9.17, 15) is 4.79 Å². The molecule has 0 heterocycles. The largest absolute Gasteiger partial charge is 0.369 e. The maximum Gasteiger partial charge on any atom is 0.231 e. The third-order valence-electron chi connectivity index (χ3n) is 2.50. The fourth-order valence-electron chi connectivity index (χ4n) is 1.57. The smallest absolute Gasteiger partial charge is 0.231 e. The molecule has 0 aliphatic rings. The zero-order valence-electron chi connectivity index (χ0n) is 9.66. The minimum Gasteiger partial charge on any atom is -0.369 e. The number of carbonyl (C=O) groups is 1. The molecule has 1 aromatic rings. The number of nitrogens with two attached hydrogens (primary N) is 1. The molecule has 4 heteroatoms. The van der Waals surface area contributed by atoms with Crippen LogP contribution in [0.3, 0.4) is 0 Å². The molecule has 1 rings (SSSR count). The van der Waals surface area contributed by atoms with Crippen LogP contribution in [0.5, 0.6) is 0 Å². The zero-order chi connectivity index (χ0) is 12.1. The predicted molar refractivity (Wildman–Crippen MR) is 69.3 cm³/mol. The highest BCUT2D eigenvalue weighted by Gasteiger charge is 2.04. The third kappa shape index (κ3) is 4.33. The number of hydrogen-bond acceptors (Lipinski definition) is 2. The van der Waals surface area contributed by atoms with Gasteiger partial charge in [0.15, 0.2) is 0 Å². The molecule has 0 spiro atoms. The summed E-state index contributed by atoms with van der Waals surface area (Å²) in [6.45, 7) is 3.24. The molecule has 0 unspecified atom stereocenters. The van der Waals surface area contributed by atoms with Crippen LogP contribution in [0.25, 0.3) is 0 Å².